The number of benzene rings is 1. The molecule has 21 heavy (non-hydrogen) atoms. The molecular formula is C13H14N4O4. The lowest BCUT2D eigenvalue weighted by molar-refractivity contribution is -0.145. The minimum atomic E-state index is -0.665. The van der Waals surface area contributed by atoms with Gasteiger partial charge in [0.25, 0.3) is 5.91 Å². The standard InChI is InChI=1S/C13H14N4O4/c1-2-20-10(18)7-21-9-5-3-8(4-6-9)11-12(13(14)19)16-17-15-11/h3-6H,2,7H2,1H3,(H2,14,19)(H,15,16,17). The van der Waals surface area contributed by atoms with Crippen LogP contribution in [0.2, 0.25) is 0 Å². The van der Waals surface area contributed by atoms with Crippen LogP contribution in [-0.2, 0) is 9.53 Å². The van der Waals surface area contributed by atoms with E-state index in [4.69, 9.17) is 15.2 Å². The molecule has 0 aliphatic rings. The Kier molecular flexibility index (Phi) is 4.50. The monoisotopic (exact) mass is 290 g/mol. The summed E-state index contributed by atoms with van der Waals surface area (Å²) in [5, 5.41) is 9.93. The second-order valence-electron chi connectivity index (χ2n) is 4.00. The normalized spacial score (nSPS) is 10.1. The van der Waals surface area contributed by atoms with E-state index in [0.29, 0.717) is 23.6 Å². The largest absolute Gasteiger partial charge is 0.482 e. The Morgan fingerprint density at radius 2 is 1.95 bits per heavy atom. The number of rotatable bonds is 6. The van der Waals surface area contributed by atoms with Crippen molar-refractivity contribution in [2.45, 2.75) is 6.92 Å². The van der Waals surface area contributed by atoms with Crippen LogP contribution in [0.5, 0.6) is 5.75 Å². The fourth-order valence-corrected chi connectivity index (χ4v) is 1.66. The Bertz CT molecular complexity index is 636. The maximum absolute atomic E-state index is 11.2. The number of nitrogens with zero attached hydrogens (tertiary/aromatic N) is 2. The molecule has 110 valence electrons. The Hall–Kier alpha value is -2.90. The number of nitrogens with one attached hydrogen (secondary N) is 1. The van der Waals surface area contributed by atoms with Crippen molar-refractivity contribution in [2.24, 2.45) is 5.73 Å². The Balaban J connectivity index is 2.07. The smallest absolute Gasteiger partial charge is 0.344 e. The molecular weight excluding hydrogens is 276 g/mol. The number of nitrogens with two attached hydrogens (primary N) is 1. The van der Waals surface area contributed by atoms with Gasteiger partial charge in [-0.25, -0.2) is 4.79 Å². The van der Waals surface area contributed by atoms with Gasteiger partial charge in [-0.1, -0.05) is 0 Å². The predicted molar refractivity (Wildman–Crippen MR) is 72.5 cm³/mol. The van der Waals surface area contributed by atoms with Crippen LogP contribution >= 0.6 is 0 Å². The maximum Gasteiger partial charge on any atom is 0.344 e. The zero-order valence-electron chi connectivity index (χ0n) is 11.3. The van der Waals surface area contributed by atoms with E-state index in [9.17, 15) is 9.59 Å². The van der Waals surface area contributed by atoms with Gasteiger partial charge in [0, 0.05) is 5.56 Å². The summed E-state index contributed by atoms with van der Waals surface area (Å²) in [7, 11) is 0. The molecule has 2 rings (SSSR count). The molecule has 2 aromatic rings. The zero-order valence-corrected chi connectivity index (χ0v) is 11.3. The molecule has 0 radical (unpaired) electrons. The van der Waals surface area contributed by atoms with Gasteiger partial charge in [0.15, 0.2) is 12.3 Å². The number of primary amides is 1. The van der Waals surface area contributed by atoms with Gasteiger partial charge in [-0.3, -0.25) is 4.79 Å². The molecule has 0 unspecified atom stereocenters. The third kappa shape index (κ3) is 3.56. The molecule has 8 heteroatoms. The van der Waals surface area contributed by atoms with Gasteiger partial charge in [0.05, 0.1) is 6.61 Å². The number of amides is 1. The average molecular weight is 290 g/mol. The van der Waals surface area contributed by atoms with Crippen molar-refractivity contribution < 1.29 is 19.1 Å². The molecule has 0 atom stereocenters. The number of aromatic amines is 1. The molecule has 0 saturated heterocycles. The molecule has 0 spiro atoms. The van der Waals surface area contributed by atoms with Crippen LogP contribution in [0.25, 0.3) is 11.3 Å². The van der Waals surface area contributed by atoms with Crippen LogP contribution in [0, 0.1) is 0 Å². The summed E-state index contributed by atoms with van der Waals surface area (Å²) >= 11 is 0. The fraction of sp³-hybridized carbons (Fsp3) is 0.231. The average Bonchev–Trinajstić information content (AvgIpc) is 2.95. The summed E-state index contributed by atoms with van der Waals surface area (Å²) in [5.74, 6) is -0.605. The van der Waals surface area contributed by atoms with E-state index in [1.807, 2.05) is 0 Å². The highest BCUT2D eigenvalue weighted by Crippen LogP contribution is 2.22. The van der Waals surface area contributed by atoms with Gasteiger partial charge in [0.2, 0.25) is 0 Å². The molecule has 0 fully saturated rings. The summed E-state index contributed by atoms with van der Waals surface area (Å²) in [4.78, 5) is 22.4. The van der Waals surface area contributed by atoms with E-state index in [1.165, 1.54) is 0 Å². The zero-order chi connectivity index (χ0) is 15.2. The Morgan fingerprint density at radius 1 is 1.24 bits per heavy atom. The van der Waals surface area contributed by atoms with Gasteiger partial charge in [-0.2, -0.15) is 15.4 Å². The highest BCUT2D eigenvalue weighted by Gasteiger charge is 2.15. The maximum atomic E-state index is 11.2. The second-order valence-corrected chi connectivity index (χ2v) is 4.00. The highest BCUT2D eigenvalue weighted by molar-refractivity contribution is 5.96. The second kappa shape index (κ2) is 6.51. The summed E-state index contributed by atoms with van der Waals surface area (Å²) in [6.45, 7) is 1.87. The van der Waals surface area contributed by atoms with Crippen molar-refractivity contribution in [3.63, 3.8) is 0 Å². The molecule has 0 aliphatic heterocycles. The summed E-state index contributed by atoms with van der Waals surface area (Å²) < 4.78 is 10.0. The van der Waals surface area contributed by atoms with E-state index >= 15 is 0 Å². The first-order chi connectivity index (χ1) is 10.1. The number of hydrogen-bond acceptors (Lipinski definition) is 6. The topological polar surface area (TPSA) is 120 Å². The molecule has 1 amide bonds. The molecule has 1 heterocycles. The number of carbonyl (C=O) groups excluding carboxylic acids is 2. The lowest BCUT2D eigenvalue weighted by Gasteiger charge is -2.06. The van der Waals surface area contributed by atoms with Gasteiger partial charge < -0.3 is 15.2 Å². The highest BCUT2D eigenvalue weighted by atomic mass is 16.6. The summed E-state index contributed by atoms with van der Waals surface area (Å²) in [6, 6.07) is 6.66. The van der Waals surface area contributed by atoms with Crippen molar-refractivity contribution >= 4 is 11.9 Å². The van der Waals surface area contributed by atoms with Crippen LogP contribution in [-0.4, -0.2) is 40.5 Å². The van der Waals surface area contributed by atoms with Crippen LogP contribution < -0.4 is 10.5 Å². The fourth-order valence-electron chi connectivity index (χ4n) is 1.66. The third-order valence-corrected chi connectivity index (χ3v) is 2.57. The van der Waals surface area contributed by atoms with Crippen LogP contribution in [0.15, 0.2) is 24.3 Å². The van der Waals surface area contributed by atoms with Gasteiger partial charge in [-0.05, 0) is 31.2 Å². The Morgan fingerprint density at radius 3 is 2.57 bits per heavy atom. The number of ether oxygens (including phenoxy) is 2. The lowest BCUT2D eigenvalue weighted by Crippen LogP contribution is -2.14. The van der Waals surface area contributed by atoms with E-state index in [1.54, 1.807) is 31.2 Å². The van der Waals surface area contributed by atoms with E-state index in [0.717, 1.165) is 0 Å². The SMILES string of the molecule is CCOC(=O)COc1ccc(-c2n[nH]nc2C(N)=O)cc1. The minimum absolute atomic E-state index is 0.0650. The lowest BCUT2D eigenvalue weighted by atomic mass is 10.1. The first-order valence-electron chi connectivity index (χ1n) is 6.21. The quantitative estimate of drug-likeness (QED) is 0.748. The molecule has 8 nitrogen and oxygen atoms in total. The molecule has 0 bridgehead atoms. The molecule has 1 aromatic carbocycles. The van der Waals surface area contributed by atoms with Crippen molar-refractivity contribution in [3.8, 4) is 17.0 Å². The van der Waals surface area contributed by atoms with Gasteiger partial charge in [-0.15, -0.1) is 0 Å². The van der Waals surface area contributed by atoms with E-state index in [2.05, 4.69) is 15.4 Å². The Labute approximate surface area is 120 Å². The number of carbonyl (C=O) groups is 2. The molecule has 1 aromatic heterocycles. The number of aromatic nitrogens is 3. The van der Waals surface area contributed by atoms with Crippen molar-refractivity contribution in [3.05, 3.63) is 30.0 Å². The predicted octanol–water partition coefficient (Wildman–Crippen LogP) is 0.512. The summed E-state index contributed by atoms with van der Waals surface area (Å²) in [5.41, 5.74) is 6.28. The number of H-pyrrole nitrogens is 1. The van der Waals surface area contributed by atoms with Crippen LogP contribution in [0.4, 0.5) is 0 Å². The first kappa shape index (κ1) is 14.5. The molecule has 0 aliphatic carbocycles. The van der Waals surface area contributed by atoms with E-state index < -0.39 is 11.9 Å². The number of hydrogen-bond donors (Lipinski definition) is 2. The van der Waals surface area contributed by atoms with Crippen LogP contribution in [0.3, 0.4) is 0 Å². The minimum Gasteiger partial charge on any atom is -0.482 e. The van der Waals surface area contributed by atoms with Crippen molar-refractivity contribution in [1.29, 1.82) is 0 Å². The molecule has 0 saturated carbocycles. The van der Waals surface area contributed by atoms with Crippen molar-refractivity contribution in [1.82, 2.24) is 15.4 Å². The first-order valence-corrected chi connectivity index (χ1v) is 6.21. The van der Waals surface area contributed by atoms with Gasteiger partial charge >= 0.3 is 5.97 Å². The third-order valence-electron chi connectivity index (χ3n) is 2.57. The number of esters is 1. The van der Waals surface area contributed by atoms with Crippen molar-refractivity contribution in [2.75, 3.05) is 13.2 Å². The van der Waals surface area contributed by atoms with Gasteiger partial charge in [0.1, 0.15) is 11.4 Å². The van der Waals surface area contributed by atoms with Crippen LogP contribution in [0.1, 0.15) is 17.4 Å². The van der Waals surface area contributed by atoms with E-state index in [-0.39, 0.29) is 12.3 Å². The molecule has 3 N–H and O–H groups in total. The summed E-state index contributed by atoms with van der Waals surface area (Å²) in [6.07, 6.45) is 0.